The first kappa shape index (κ1) is 14.6. The molecule has 0 bridgehead atoms. The molecule has 4 aromatic rings. The maximum Gasteiger partial charge on any atom is 0.266 e. The highest BCUT2D eigenvalue weighted by Gasteiger charge is 2.16. The molecule has 2 aromatic heterocycles. The van der Waals surface area contributed by atoms with E-state index in [1.807, 2.05) is 12.1 Å². The monoisotopic (exact) mass is 339 g/mol. The van der Waals surface area contributed by atoms with Crippen molar-refractivity contribution >= 4 is 32.3 Å². The van der Waals surface area contributed by atoms with Crippen LogP contribution in [0.2, 0.25) is 0 Å². The van der Waals surface area contributed by atoms with Crippen LogP contribution in [0.15, 0.2) is 46.6 Å². The van der Waals surface area contributed by atoms with Crippen LogP contribution in [0.5, 0.6) is 17.2 Å². The number of hydrogen-bond acceptors (Lipinski definition) is 5. The van der Waals surface area contributed by atoms with Crippen molar-refractivity contribution < 1.29 is 14.9 Å². The molecule has 0 aliphatic heterocycles. The van der Waals surface area contributed by atoms with Gasteiger partial charge in [-0.25, -0.2) is 0 Å². The zero-order chi connectivity index (χ0) is 16.8. The molecule has 0 radical (unpaired) electrons. The Kier molecular flexibility index (Phi) is 3.21. The molecule has 0 spiro atoms. The van der Waals surface area contributed by atoms with E-state index in [2.05, 4.69) is 4.98 Å². The number of hydrogen-bond donors (Lipinski definition) is 3. The molecule has 0 amide bonds. The quantitative estimate of drug-likeness (QED) is 0.518. The topological polar surface area (TPSA) is 82.6 Å². The highest BCUT2D eigenvalue weighted by Crippen LogP contribution is 2.40. The minimum Gasteiger partial charge on any atom is -0.506 e. The summed E-state index contributed by atoms with van der Waals surface area (Å²) in [5.74, 6) is 0.502. The number of H-pyrrole nitrogens is 1. The molecule has 0 aliphatic carbocycles. The lowest BCUT2D eigenvalue weighted by atomic mass is 9.98. The fraction of sp³-hybridized carbons (Fsp3) is 0.0556. The molecule has 4 rings (SSSR count). The average molecular weight is 339 g/mol. The van der Waals surface area contributed by atoms with Crippen molar-refractivity contribution in [1.29, 1.82) is 0 Å². The molecule has 2 aromatic carbocycles. The van der Waals surface area contributed by atoms with E-state index in [0.717, 1.165) is 16.5 Å². The lowest BCUT2D eigenvalue weighted by Gasteiger charge is -2.11. The molecule has 120 valence electrons. The second kappa shape index (κ2) is 5.28. The molecule has 2 heterocycles. The van der Waals surface area contributed by atoms with Gasteiger partial charge >= 0.3 is 0 Å². The minimum absolute atomic E-state index is 0.0541. The minimum atomic E-state index is -0.219. The molecule has 6 heteroatoms. The van der Waals surface area contributed by atoms with Crippen LogP contribution in [0.4, 0.5) is 0 Å². The van der Waals surface area contributed by atoms with Crippen molar-refractivity contribution in [3.8, 4) is 28.4 Å². The van der Waals surface area contributed by atoms with Gasteiger partial charge < -0.3 is 19.9 Å². The van der Waals surface area contributed by atoms with Crippen LogP contribution in [0.25, 0.3) is 32.1 Å². The van der Waals surface area contributed by atoms with Gasteiger partial charge in [-0.05, 0) is 29.3 Å². The second-order valence-corrected chi connectivity index (χ2v) is 6.27. The normalized spacial score (nSPS) is 11.2. The highest BCUT2D eigenvalue weighted by molar-refractivity contribution is 7.17. The van der Waals surface area contributed by atoms with Gasteiger partial charge in [0.05, 0.1) is 7.11 Å². The van der Waals surface area contributed by atoms with Crippen molar-refractivity contribution in [2.24, 2.45) is 0 Å². The maximum absolute atomic E-state index is 12.2. The summed E-state index contributed by atoms with van der Waals surface area (Å²) in [6.07, 6.45) is 0. The van der Waals surface area contributed by atoms with Crippen molar-refractivity contribution in [3.63, 3.8) is 0 Å². The molecule has 0 saturated carbocycles. The largest absolute Gasteiger partial charge is 0.506 e. The van der Waals surface area contributed by atoms with Crippen molar-refractivity contribution in [1.82, 2.24) is 4.98 Å². The molecular formula is C18H13NO4S. The van der Waals surface area contributed by atoms with E-state index in [9.17, 15) is 15.0 Å². The molecule has 0 saturated heterocycles. The number of rotatable bonds is 2. The Morgan fingerprint density at radius 1 is 1.08 bits per heavy atom. The third-order valence-electron chi connectivity index (χ3n) is 4.03. The van der Waals surface area contributed by atoms with Crippen LogP contribution in [0.3, 0.4) is 0 Å². The Morgan fingerprint density at radius 2 is 1.92 bits per heavy atom. The fourth-order valence-electron chi connectivity index (χ4n) is 2.95. The van der Waals surface area contributed by atoms with Crippen molar-refractivity contribution in [3.05, 3.63) is 52.1 Å². The Labute approximate surface area is 140 Å². The third-order valence-corrected chi connectivity index (χ3v) is 5.00. The summed E-state index contributed by atoms with van der Waals surface area (Å²) in [4.78, 5) is 15.0. The summed E-state index contributed by atoms with van der Waals surface area (Å²) in [6, 6.07) is 10.6. The number of ether oxygens (including phenoxy) is 1. The number of methoxy groups -OCH3 is 1. The predicted molar refractivity (Wildman–Crippen MR) is 95.3 cm³/mol. The standard InChI is InChI=1S/C18H13NO4S/c1-23-14-7-9(5-6-12(14)20)10-3-2-4-11-15(10)16-13(21)8-24-17(16)18(22)19-11/h2-8,20-21H,1H3,(H,19,22). The summed E-state index contributed by atoms with van der Waals surface area (Å²) in [7, 11) is 1.49. The van der Waals surface area contributed by atoms with Gasteiger partial charge in [0, 0.05) is 21.7 Å². The van der Waals surface area contributed by atoms with Crippen molar-refractivity contribution in [2.45, 2.75) is 0 Å². The number of pyridine rings is 1. The first-order chi connectivity index (χ1) is 11.6. The molecule has 0 fully saturated rings. The molecule has 3 N–H and O–H groups in total. The van der Waals surface area contributed by atoms with E-state index < -0.39 is 0 Å². The number of fused-ring (bicyclic) bond motifs is 3. The number of aromatic nitrogens is 1. The predicted octanol–water partition coefficient (Wildman–Crippen LogP) is 3.83. The summed E-state index contributed by atoms with van der Waals surface area (Å²) < 4.78 is 5.66. The lowest BCUT2D eigenvalue weighted by molar-refractivity contribution is 0.373. The summed E-state index contributed by atoms with van der Waals surface area (Å²) in [5, 5.41) is 22.9. The molecular weight excluding hydrogens is 326 g/mol. The maximum atomic E-state index is 12.2. The highest BCUT2D eigenvalue weighted by atomic mass is 32.1. The van der Waals surface area contributed by atoms with Gasteiger partial charge in [0.2, 0.25) is 0 Å². The molecule has 0 aliphatic rings. The van der Waals surface area contributed by atoms with Gasteiger partial charge in [-0.1, -0.05) is 18.2 Å². The van der Waals surface area contributed by atoms with Crippen LogP contribution < -0.4 is 10.3 Å². The Bertz CT molecular complexity index is 1140. The number of phenolic OH excluding ortho intramolecular Hbond substituents is 1. The second-order valence-electron chi connectivity index (χ2n) is 5.39. The van der Waals surface area contributed by atoms with E-state index in [1.54, 1.807) is 29.6 Å². The smallest absolute Gasteiger partial charge is 0.266 e. The molecule has 24 heavy (non-hydrogen) atoms. The first-order valence-corrected chi connectivity index (χ1v) is 8.10. The van der Waals surface area contributed by atoms with Gasteiger partial charge in [0.1, 0.15) is 10.4 Å². The van der Waals surface area contributed by atoms with Gasteiger partial charge in [-0.2, -0.15) is 0 Å². The summed E-state index contributed by atoms with van der Waals surface area (Å²) in [5.41, 5.74) is 2.07. The van der Waals surface area contributed by atoms with Crippen LogP contribution in [-0.2, 0) is 0 Å². The fourth-order valence-corrected chi connectivity index (χ4v) is 3.78. The first-order valence-electron chi connectivity index (χ1n) is 7.22. The Balaban J connectivity index is 2.15. The van der Waals surface area contributed by atoms with E-state index in [-0.39, 0.29) is 17.1 Å². The van der Waals surface area contributed by atoms with Crippen molar-refractivity contribution in [2.75, 3.05) is 7.11 Å². The van der Waals surface area contributed by atoms with Crippen LogP contribution in [0.1, 0.15) is 0 Å². The van der Waals surface area contributed by atoms with Gasteiger partial charge in [-0.15, -0.1) is 11.3 Å². The van der Waals surface area contributed by atoms with E-state index in [1.165, 1.54) is 18.4 Å². The number of thiophene rings is 1. The van der Waals surface area contributed by atoms with E-state index >= 15 is 0 Å². The lowest BCUT2D eigenvalue weighted by Crippen LogP contribution is -2.04. The zero-order valence-corrected chi connectivity index (χ0v) is 13.5. The Hall–Kier alpha value is -2.99. The number of aromatic hydroxyl groups is 2. The van der Waals surface area contributed by atoms with Gasteiger partial charge in [-0.3, -0.25) is 4.79 Å². The molecule has 0 atom stereocenters. The third kappa shape index (κ3) is 2.04. The van der Waals surface area contributed by atoms with Gasteiger partial charge in [0.25, 0.3) is 5.56 Å². The van der Waals surface area contributed by atoms with Crippen LogP contribution >= 0.6 is 11.3 Å². The number of benzene rings is 2. The van der Waals surface area contributed by atoms with Crippen LogP contribution in [0, 0.1) is 0 Å². The summed E-state index contributed by atoms with van der Waals surface area (Å²) in [6.45, 7) is 0. The SMILES string of the molecule is COc1cc(-c2cccc3[nH]c(=O)c4scc(O)c4c23)ccc1O. The van der Waals surface area contributed by atoms with E-state index in [4.69, 9.17) is 4.74 Å². The molecule has 5 nitrogen and oxygen atoms in total. The average Bonchev–Trinajstić information content (AvgIpc) is 2.97. The molecule has 0 unspecified atom stereocenters. The Morgan fingerprint density at radius 3 is 2.71 bits per heavy atom. The summed E-state index contributed by atoms with van der Waals surface area (Å²) >= 11 is 1.21. The van der Waals surface area contributed by atoms with Crippen LogP contribution in [-0.4, -0.2) is 22.3 Å². The van der Waals surface area contributed by atoms with E-state index in [0.29, 0.717) is 21.4 Å². The zero-order valence-electron chi connectivity index (χ0n) is 12.7. The number of nitrogens with one attached hydrogen (secondary N) is 1. The number of aromatic amines is 1. The van der Waals surface area contributed by atoms with Gasteiger partial charge in [0.15, 0.2) is 11.5 Å². The number of phenols is 1.